The van der Waals surface area contributed by atoms with Crippen molar-refractivity contribution in [1.82, 2.24) is 5.32 Å². The van der Waals surface area contributed by atoms with E-state index in [1.165, 1.54) is 12.2 Å². The van der Waals surface area contributed by atoms with Gasteiger partial charge in [0.2, 0.25) is 5.91 Å². The summed E-state index contributed by atoms with van der Waals surface area (Å²) in [4.78, 5) is 22.6. The van der Waals surface area contributed by atoms with Crippen LogP contribution in [-0.4, -0.2) is 23.0 Å². The molecule has 106 valence electrons. The molecule has 2 N–H and O–H groups in total. The lowest BCUT2D eigenvalue weighted by Crippen LogP contribution is -2.39. The molecular formula is C16H19NO3. The highest BCUT2D eigenvalue weighted by atomic mass is 16.4. The molecule has 0 saturated heterocycles. The molecule has 0 aliphatic heterocycles. The molecule has 0 fully saturated rings. The van der Waals surface area contributed by atoms with Gasteiger partial charge in [0.1, 0.15) is 6.04 Å². The minimum atomic E-state index is -1.07. The Balaban J connectivity index is 2.71. The van der Waals surface area contributed by atoms with E-state index in [2.05, 4.69) is 11.9 Å². The van der Waals surface area contributed by atoms with E-state index in [0.29, 0.717) is 0 Å². The summed E-state index contributed by atoms with van der Waals surface area (Å²) < 4.78 is 0. The highest BCUT2D eigenvalue weighted by Gasteiger charge is 2.16. The lowest BCUT2D eigenvalue weighted by atomic mass is 10.1. The molecule has 0 aliphatic rings. The van der Waals surface area contributed by atoms with Crippen molar-refractivity contribution >= 4 is 18.0 Å². The van der Waals surface area contributed by atoms with Gasteiger partial charge < -0.3 is 10.4 Å². The molecule has 1 amide bonds. The third-order valence-electron chi connectivity index (χ3n) is 2.86. The molecule has 0 aliphatic carbocycles. The first-order chi connectivity index (χ1) is 9.43. The summed E-state index contributed by atoms with van der Waals surface area (Å²) in [6, 6.07) is 4.97. The third kappa shape index (κ3) is 4.72. The summed E-state index contributed by atoms with van der Waals surface area (Å²) >= 11 is 0. The Labute approximate surface area is 118 Å². The van der Waals surface area contributed by atoms with Gasteiger partial charge in [0.05, 0.1) is 0 Å². The molecule has 1 rings (SSSR count). The Morgan fingerprint density at radius 2 is 2.10 bits per heavy atom. The number of aliphatic carboxylic acids is 1. The van der Waals surface area contributed by atoms with Crippen LogP contribution in [0.25, 0.3) is 6.08 Å². The van der Waals surface area contributed by atoms with E-state index in [0.717, 1.165) is 16.7 Å². The number of nitrogens with one attached hydrogen (secondary N) is 1. The highest BCUT2D eigenvalue weighted by molar-refractivity contribution is 5.94. The smallest absolute Gasteiger partial charge is 0.326 e. The normalized spacial score (nSPS) is 12.1. The van der Waals surface area contributed by atoms with Gasteiger partial charge in [0.15, 0.2) is 0 Å². The van der Waals surface area contributed by atoms with Gasteiger partial charge in [-0.05, 0) is 37.5 Å². The van der Waals surface area contributed by atoms with Crippen molar-refractivity contribution in [2.75, 3.05) is 0 Å². The number of carbonyl (C=O) groups excluding carboxylic acids is 1. The van der Waals surface area contributed by atoms with Gasteiger partial charge in [-0.2, -0.15) is 0 Å². The average Bonchev–Trinajstić information content (AvgIpc) is 2.37. The van der Waals surface area contributed by atoms with Crippen LogP contribution in [0.15, 0.2) is 36.9 Å². The van der Waals surface area contributed by atoms with Gasteiger partial charge in [-0.25, -0.2) is 4.79 Å². The number of rotatable bonds is 6. The van der Waals surface area contributed by atoms with Gasteiger partial charge in [-0.3, -0.25) is 4.79 Å². The number of carboxylic acid groups (broad SMARTS) is 1. The van der Waals surface area contributed by atoms with Crippen LogP contribution < -0.4 is 5.32 Å². The van der Waals surface area contributed by atoms with Gasteiger partial charge in [0, 0.05) is 6.08 Å². The number of aryl methyl sites for hydroxylation is 2. The summed E-state index contributed by atoms with van der Waals surface area (Å²) in [6.45, 7) is 7.43. The van der Waals surface area contributed by atoms with E-state index >= 15 is 0 Å². The molecular weight excluding hydrogens is 254 g/mol. The van der Waals surface area contributed by atoms with Crippen molar-refractivity contribution in [2.24, 2.45) is 0 Å². The Morgan fingerprint density at radius 1 is 1.40 bits per heavy atom. The largest absolute Gasteiger partial charge is 0.480 e. The number of amides is 1. The maximum absolute atomic E-state index is 11.7. The summed E-state index contributed by atoms with van der Waals surface area (Å²) in [5.74, 6) is -1.50. The highest BCUT2D eigenvalue weighted by Crippen LogP contribution is 2.12. The zero-order chi connectivity index (χ0) is 15.1. The van der Waals surface area contributed by atoms with E-state index in [1.54, 1.807) is 6.08 Å². The predicted molar refractivity (Wildman–Crippen MR) is 79.3 cm³/mol. The van der Waals surface area contributed by atoms with Gasteiger partial charge in [-0.15, -0.1) is 6.58 Å². The van der Waals surface area contributed by atoms with Crippen molar-refractivity contribution in [3.8, 4) is 0 Å². The molecule has 0 saturated carbocycles. The lowest BCUT2D eigenvalue weighted by Gasteiger charge is -2.10. The SMILES string of the molecule is C=CCC(NC(=O)/C=C/c1ccc(C)cc1C)C(=O)O. The van der Waals surface area contributed by atoms with E-state index < -0.39 is 17.9 Å². The fraction of sp³-hybridized carbons (Fsp3) is 0.250. The Bertz CT molecular complexity index is 547. The second-order valence-electron chi connectivity index (χ2n) is 4.62. The third-order valence-corrected chi connectivity index (χ3v) is 2.86. The van der Waals surface area contributed by atoms with Crippen molar-refractivity contribution in [3.05, 3.63) is 53.6 Å². The number of benzene rings is 1. The van der Waals surface area contributed by atoms with Gasteiger partial charge in [-0.1, -0.05) is 29.8 Å². The maximum Gasteiger partial charge on any atom is 0.326 e. The van der Waals surface area contributed by atoms with Crippen LogP contribution in [0.4, 0.5) is 0 Å². The van der Waals surface area contributed by atoms with Gasteiger partial charge >= 0.3 is 5.97 Å². The lowest BCUT2D eigenvalue weighted by molar-refractivity contribution is -0.141. The van der Waals surface area contributed by atoms with Crippen LogP contribution in [0.2, 0.25) is 0 Å². The number of carboxylic acids is 1. The molecule has 20 heavy (non-hydrogen) atoms. The van der Waals surface area contributed by atoms with Gasteiger partial charge in [0.25, 0.3) is 0 Å². The van der Waals surface area contributed by atoms with Crippen LogP contribution in [0.3, 0.4) is 0 Å². The first kappa shape index (κ1) is 15.7. The average molecular weight is 273 g/mol. The Kier molecular flexibility index (Phi) is 5.72. The molecule has 1 unspecified atom stereocenters. The second kappa shape index (κ2) is 7.28. The minimum Gasteiger partial charge on any atom is -0.480 e. The van der Waals surface area contributed by atoms with Crippen molar-refractivity contribution in [3.63, 3.8) is 0 Å². The first-order valence-electron chi connectivity index (χ1n) is 6.33. The summed E-state index contributed by atoms with van der Waals surface area (Å²) in [5, 5.41) is 11.3. The summed E-state index contributed by atoms with van der Waals surface area (Å²) in [5.41, 5.74) is 3.15. The van der Waals surface area contributed by atoms with Crippen molar-refractivity contribution < 1.29 is 14.7 Å². The Morgan fingerprint density at radius 3 is 2.65 bits per heavy atom. The second-order valence-corrected chi connectivity index (χ2v) is 4.62. The molecule has 0 spiro atoms. The van der Waals surface area contributed by atoms with Crippen molar-refractivity contribution in [2.45, 2.75) is 26.3 Å². The molecule has 1 atom stereocenters. The first-order valence-corrected chi connectivity index (χ1v) is 6.33. The van der Waals surface area contributed by atoms with Crippen LogP contribution in [-0.2, 0) is 9.59 Å². The number of hydrogen-bond acceptors (Lipinski definition) is 2. The van der Waals surface area contributed by atoms with E-state index in [4.69, 9.17) is 5.11 Å². The van der Waals surface area contributed by atoms with Crippen LogP contribution in [0.5, 0.6) is 0 Å². The van der Waals surface area contributed by atoms with Crippen molar-refractivity contribution in [1.29, 1.82) is 0 Å². The standard InChI is InChI=1S/C16H19NO3/c1-4-5-14(16(19)20)17-15(18)9-8-13-7-6-11(2)10-12(13)3/h4,6-10,14H,1,5H2,2-3H3,(H,17,18)(H,19,20)/b9-8+. The van der Waals surface area contributed by atoms with Crippen LogP contribution in [0, 0.1) is 13.8 Å². The molecule has 0 radical (unpaired) electrons. The number of carbonyl (C=O) groups is 2. The maximum atomic E-state index is 11.7. The van der Waals surface area contributed by atoms with E-state index in [1.807, 2.05) is 32.0 Å². The zero-order valence-electron chi connectivity index (χ0n) is 11.7. The fourth-order valence-electron chi connectivity index (χ4n) is 1.79. The predicted octanol–water partition coefficient (Wildman–Crippen LogP) is 2.46. The molecule has 4 heteroatoms. The van der Waals surface area contributed by atoms with Crippen LogP contribution in [0.1, 0.15) is 23.1 Å². The zero-order valence-corrected chi connectivity index (χ0v) is 11.7. The Hall–Kier alpha value is -2.36. The summed E-state index contributed by atoms with van der Waals surface area (Å²) in [7, 11) is 0. The molecule has 1 aromatic rings. The molecule has 4 nitrogen and oxygen atoms in total. The quantitative estimate of drug-likeness (QED) is 0.618. The minimum absolute atomic E-state index is 0.193. The summed E-state index contributed by atoms with van der Waals surface area (Å²) in [6.07, 6.45) is 4.68. The molecule has 0 bridgehead atoms. The number of hydrogen-bond donors (Lipinski definition) is 2. The van der Waals surface area contributed by atoms with E-state index in [9.17, 15) is 9.59 Å². The monoisotopic (exact) mass is 273 g/mol. The molecule has 1 aromatic carbocycles. The molecule has 0 aromatic heterocycles. The topological polar surface area (TPSA) is 66.4 Å². The van der Waals surface area contributed by atoms with Crippen LogP contribution >= 0.6 is 0 Å². The molecule has 0 heterocycles. The van der Waals surface area contributed by atoms with E-state index in [-0.39, 0.29) is 6.42 Å². The fourth-order valence-corrected chi connectivity index (χ4v) is 1.79.